The minimum Gasteiger partial charge on any atom is -0.330 e. The van der Waals surface area contributed by atoms with Crippen molar-refractivity contribution in [3.63, 3.8) is 0 Å². The van der Waals surface area contributed by atoms with Gasteiger partial charge in [-0.25, -0.2) is 4.98 Å². The molecule has 1 aliphatic heterocycles. The Hall–Kier alpha value is -0.830. The fourth-order valence-corrected chi connectivity index (χ4v) is 2.91. The molecule has 0 bridgehead atoms. The van der Waals surface area contributed by atoms with Crippen molar-refractivity contribution >= 4 is 0 Å². The first kappa shape index (κ1) is 13.6. The van der Waals surface area contributed by atoms with Crippen molar-refractivity contribution in [2.45, 2.75) is 71.5 Å². The van der Waals surface area contributed by atoms with Crippen molar-refractivity contribution in [3.8, 4) is 0 Å². The molecule has 18 heavy (non-hydrogen) atoms. The maximum atomic E-state index is 4.38. The maximum Gasteiger partial charge on any atom is 0.0951 e. The first-order chi connectivity index (χ1) is 8.63. The second-order valence-electron chi connectivity index (χ2n) is 5.90. The Kier molecular flexibility index (Phi) is 4.44. The van der Waals surface area contributed by atoms with Gasteiger partial charge in [0.25, 0.3) is 0 Å². The lowest BCUT2D eigenvalue weighted by Crippen LogP contribution is -2.36. The fourth-order valence-electron chi connectivity index (χ4n) is 2.91. The first-order valence-electron chi connectivity index (χ1n) is 7.41. The molecule has 0 radical (unpaired) electrons. The van der Waals surface area contributed by atoms with Crippen LogP contribution >= 0.6 is 0 Å². The normalized spacial score (nSPS) is 28.0. The highest BCUT2D eigenvalue weighted by molar-refractivity contribution is 5.08. The van der Waals surface area contributed by atoms with Crippen LogP contribution in [-0.4, -0.2) is 15.6 Å². The van der Waals surface area contributed by atoms with E-state index in [9.17, 15) is 0 Å². The smallest absolute Gasteiger partial charge is 0.0951 e. The summed E-state index contributed by atoms with van der Waals surface area (Å²) in [5.41, 5.74) is 1.37. The maximum absolute atomic E-state index is 4.38. The van der Waals surface area contributed by atoms with E-state index in [0.29, 0.717) is 24.0 Å². The highest BCUT2D eigenvalue weighted by atomic mass is 15.1. The zero-order valence-electron chi connectivity index (χ0n) is 12.2. The van der Waals surface area contributed by atoms with Gasteiger partial charge in [0.1, 0.15) is 0 Å². The molecule has 2 heterocycles. The van der Waals surface area contributed by atoms with Crippen molar-refractivity contribution in [1.82, 2.24) is 14.9 Å². The quantitative estimate of drug-likeness (QED) is 0.882. The Bertz CT molecular complexity index is 372. The summed E-state index contributed by atoms with van der Waals surface area (Å²) < 4.78 is 2.38. The van der Waals surface area contributed by atoms with E-state index in [1.165, 1.54) is 31.4 Å². The molecule has 1 aliphatic rings. The van der Waals surface area contributed by atoms with Gasteiger partial charge in [0, 0.05) is 24.3 Å². The molecule has 0 saturated carbocycles. The molecule has 3 nitrogen and oxygen atoms in total. The van der Waals surface area contributed by atoms with Gasteiger partial charge in [-0.1, -0.05) is 20.3 Å². The van der Waals surface area contributed by atoms with Gasteiger partial charge in [0.05, 0.1) is 12.0 Å². The largest absolute Gasteiger partial charge is 0.330 e. The second-order valence-corrected chi connectivity index (χ2v) is 5.90. The third-order valence-electron chi connectivity index (χ3n) is 4.57. The number of imidazole rings is 1. The van der Waals surface area contributed by atoms with Crippen LogP contribution in [0.2, 0.25) is 0 Å². The summed E-state index contributed by atoms with van der Waals surface area (Å²) in [4.78, 5) is 4.38. The minimum absolute atomic E-state index is 0.489. The monoisotopic (exact) mass is 249 g/mol. The standard InChI is InChI=1S/C15H27N3/c1-5-11(2)13(4)18-10-16-9-15(18)14-8-6-7-12(3)17-14/h9-14,17H,5-8H2,1-4H3. The van der Waals surface area contributed by atoms with Crippen molar-refractivity contribution in [2.24, 2.45) is 5.92 Å². The molecular formula is C15H27N3. The van der Waals surface area contributed by atoms with E-state index in [-0.39, 0.29) is 0 Å². The lowest BCUT2D eigenvalue weighted by Gasteiger charge is -2.31. The molecule has 1 aromatic rings. The molecule has 1 saturated heterocycles. The average molecular weight is 249 g/mol. The molecule has 0 aliphatic carbocycles. The Labute approximate surface area is 111 Å². The fraction of sp³-hybridized carbons (Fsp3) is 0.800. The van der Waals surface area contributed by atoms with E-state index in [0.717, 1.165) is 0 Å². The van der Waals surface area contributed by atoms with Crippen LogP contribution in [0, 0.1) is 5.92 Å². The van der Waals surface area contributed by atoms with Crippen LogP contribution in [0.25, 0.3) is 0 Å². The van der Waals surface area contributed by atoms with E-state index < -0.39 is 0 Å². The van der Waals surface area contributed by atoms with Crippen LogP contribution < -0.4 is 5.32 Å². The summed E-state index contributed by atoms with van der Waals surface area (Å²) in [6, 6.07) is 1.65. The summed E-state index contributed by atoms with van der Waals surface area (Å²) in [5, 5.41) is 3.71. The lowest BCUT2D eigenvalue weighted by atomic mass is 9.96. The zero-order chi connectivity index (χ0) is 13.1. The summed E-state index contributed by atoms with van der Waals surface area (Å²) in [6.07, 6.45) is 9.13. The molecule has 2 rings (SSSR count). The van der Waals surface area contributed by atoms with Crippen LogP contribution in [0.3, 0.4) is 0 Å². The lowest BCUT2D eigenvalue weighted by molar-refractivity contribution is 0.305. The van der Waals surface area contributed by atoms with Gasteiger partial charge in [0.2, 0.25) is 0 Å². The van der Waals surface area contributed by atoms with E-state index in [2.05, 4.69) is 48.8 Å². The molecule has 0 aromatic carbocycles. The SMILES string of the molecule is CCC(C)C(C)n1cncc1C1CCCC(C)N1. The number of rotatable bonds is 4. The molecule has 1 N–H and O–H groups in total. The third kappa shape index (κ3) is 2.77. The van der Waals surface area contributed by atoms with E-state index >= 15 is 0 Å². The minimum atomic E-state index is 0.489. The van der Waals surface area contributed by atoms with E-state index in [4.69, 9.17) is 0 Å². The average Bonchev–Trinajstić information content (AvgIpc) is 2.86. The van der Waals surface area contributed by atoms with Crippen LogP contribution in [0.4, 0.5) is 0 Å². The van der Waals surface area contributed by atoms with E-state index in [1.54, 1.807) is 0 Å². The highest BCUT2D eigenvalue weighted by Gasteiger charge is 2.24. The van der Waals surface area contributed by atoms with Crippen molar-refractivity contribution in [3.05, 3.63) is 18.2 Å². The van der Waals surface area contributed by atoms with Crippen molar-refractivity contribution < 1.29 is 0 Å². The van der Waals surface area contributed by atoms with Crippen LogP contribution in [0.15, 0.2) is 12.5 Å². The Morgan fingerprint density at radius 3 is 2.89 bits per heavy atom. The zero-order valence-corrected chi connectivity index (χ0v) is 12.2. The van der Waals surface area contributed by atoms with Crippen LogP contribution in [0.5, 0.6) is 0 Å². The highest BCUT2D eigenvalue weighted by Crippen LogP contribution is 2.29. The Morgan fingerprint density at radius 2 is 2.22 bits per heavy atom. The Balaban J connectivity index is 2.16. The van der Waals surface area contributed by atoms with Gasteiger partial charge in [-0.3, -0.25) is 0 Å². The topological polar surface area (TPSA) is 29.9 Å². The summed E-state index contributed by atoms with van der Waals surface area (Å²) in [5.74, 6) is 0.693. The van der Waals surface area contributed by atoms with E-state index in [1.807, 2.05) is 6.33 Å². The van der Waals surface area contributed by atoms with Crippen LogP contribution in [-0.2, 0) is 0 Å². The Morgan fingerprint density at radius 1 is 1.44 bits per heavy atom. The number of hydrogen-bond donors (Lipinski definition) is 1. The summed E-state index contributed by atoms with van der Waals surface area (Å²) in [7, 11) is 0. The number of aromatic nitrogens is 2. The summed E-state index contributed by atoms with van der Waals surface area (Å²) in [6.45, 7) is 9.18. The molecule has 1 fully saturated rings. The summed E-state index contributed by atoms with van der Waals surface area (Å²) >= 11 is 0. The first-order valence-corrected chi connectivity index (χ1v) is 7.41. The second kappa shape index (κ2) is 5.87. The molecule has 102 valence electrons. The third-order valence-corrected chi connectivity index (χ3v) is 4.57. The van der Waals surface area contributed by atoms with Gasteiger partial charge in [-0.2, -0.15) is 0 Å². The van der Waals surface area contributed by atoms with Crippen molar-refractivity contribution in [1.29, 1.82) is 0 Å². The van der Waals surface area contributed by atoms with Gasteiger partial charge < -0.3 is 9.88 Å². The number of hydrogen-bond acceptors (Lipinski definition) is 2. The predicted molar refractivity (Wildman–Crippen MR) is 75.6 cm³/mol. The predicted octanol–water partition coefficient (Wildman–Crippen LogP) is 3.69. The van der Waals surface area contributed by atoms with Gasteiger partial charge >= 0.3 is 0 Å². The molecular weight excluding hydrogens is 222 g/mol. The van der Waals surface area contributed by atoms with Gasteiger partial charge in [-0.05, 0) is 39.0 Å². The molecule has 1 aromatic heterocycles. The molecule has 0 spiro atoms. The molecule has 4 atom stereocenters. The number of nitrogens with one attached hydrogen (secondary N) is 1. The van der Waals surface area contributed by atoms with Crippen LogP contribution in [0.1, 0.15) is 71.2 Å². The number of piperidine rings is 1. The van der Waals surface area contributed by atoms with Gasteiger partial charge in [-0.15, -0.1) is 0 Å². The van der Waals surface area contributed by atoms with Crippen molar-refractivity contribution in [2.75, 3.05) is 0 Å². The molecule has 4 unspecified atom stereocenters. The molecule has 3 heteroatoms. The molecule has 0 amide bonds. The number of nitrogens with zero attached hydrogens (tertiary/aromatic N) is 2. The van der Waals surface area contributed by atoms with Gasteiger partial charge in [0.15, 0.2) is 0 Å².